The van der Waals surface area contributed by atoms with Crippen molar-refractivity contribution in [3.8, 4) is 0 Å². The van der Waals surface area contributed by atoms with Gasteiger partial charge < -0.3 is 10.2 Å². The fourth-order valence-corrected chi connectivity index (χ4v) is 1.76. The van der Waals surface area contributed by atoms with Crippen molar-refractivity contribution in [2.75, 3.05) is 5.88 Å². The van der Waals surface area contributed by atoms with Crippen LogP contribution in [0.25, 0.3) is 0 Å². The first-order valence-electron chi connectivity index (χ1n) is 4.33. The molecule has 1 aromatic rings. The van der Waals surface area contributed by atoms with Gasteiger partial charge >= 0.3 is 10.2 Å². The van der Waals surface area contributed by atoms with Gasteiger partial charge in [-0.25, -0.2) is 0 Å². The number of alkyl halides is 1. The molecule has 0 saturated heterocycles. The van der Waals surface area contributed by atoms with Crippen molar-refractivity contribution in [3.63, 3.8) is 0 Å². The molecule has 0 spiro atoms. The average molecular weight is 269 g/mol. The van der Waals surface area contributed by atoms with Crippen molar-refractivity contribution in [1.29, 1.82) is 0 Å². The van der Waals surface area contributed by atoms with Gasteiger partial charge in [-0.05, 0) is 17.7 Å². The first-order valence-corrected chi connectivity index (χ1v) is 6.25. The van der Waals surface area contributed by atoms with E-state index in [1.807, 2.05) is 0 Å². The number of rotatable bonds is 4. The highest BCUT2D eigenvalue weighted by atomic mass is 35.5. The zero-order chi connectivity index (χ0) is 12.3. The molecule has 0 heterocycles. The SMILES string of the molecule is O=S(=O)(F)c1ccc(C(O)C(O)CCl)cc1. The van der Waals surface area contributed by atoms with E-state index in [0.717, 1.165) is 12.1 Å². The third-order valence-electron chi connectivity index (χ3n) is 2.03. The van der Waals surface area contributed by atoms with Crippen LogP contribution in [0.4, 0.5) is 3.89 Å². The number of aliphatic hydroxyl groups excluding tert-OH is 2. The van der Waals surface area contributed by atoms with Crippen LogP contribution in [-0.4, -0.2) is 30.6 Å². The highest BCUT2D eigenvalue weighted by Gasteiger charge is 2.18. The zero-order valence-corrected chi connectivity index (χ0v) is 9.62. The Morgan fingerprint density at radius 3 is 2.12 bits per heavy atom. The monoisotopic (exact) mass is 268 g/mol. The molecule has 0 aromatic heterocycles. The van der Waals surface area contributed by atoms with E-state index in [-0.39, 0.29) is 11.4 Å². The molecule has 0 bridgehead atoms. The molecule has 2 unspecified atom stereocenters. The molecular formula is C9H10ClFO4S. The molecule has 16 heavy (non-hydrogen) atoms. The molecule has 1 rings (SSSR count). The van der Waals surface area contributed by atoms with Crippen LogP contribution in [0.2, 0.25) is 0 Å². The van der Waals surface area contributed by atoms with Gasteiger partial charge in [0.05, 0.1) is 16.9 Å². The molecule has 7 heteroatoms. The Morgan fingerprint density at radius 2 is 1.75 bits per heavy atom. The van der Waals surface area contributed by atoms with E-state index in [1.165, 1.54) is 12.1 Å². The second kappa shape index (κ2) is 5.09. The van der Waals surface area contributed by atoms with Crippen molar-refractivity contribution >= 4 is 21.8 Å². The summed E-state index contributed by atoms with van der Waals surface area (Å²) in [6.45, 7) is 0. The van der Waals surface area contributed by atoms with E-state index in [1.54, 1.807) is 0 Å². The highest BCUT2D eigenvalue weighted by Crippen LogP contribution is 2.20. The van der Waals surface area contributed by atoms with E-state index in [0.29, 0.717) is 0 Å². The molecule has 1 aromatic carbocycles. The van der Waals surface area contributed by atoms with Crippen molar-refractivity contribution in [2.24, 2.45) is 0 Å². The lowest BCUT2D eigenvalue weighted by Gasteiger charge is -2.15. The van der Waals surface area contributed by atoms with Crippen molar-refractivity contribution in [1.82, 2.24) is 0 Å². The molecule has 0 aliphatic heterocycles. The molecule has 0 fully saturated rings. The molecule has 0 radical (unpaired) electrons. The Bertz CT molecular complexity index is 445. The Morgan fingerprint density at radius 1 is 1.25 bits per heavy atom. The lowest BCUT2D eigenvalue weighted by molar-refractivity contribution is 0.0327. The Hall–Kier alpha value is -0.690. The van der Waals surface area contributed by atoms with Crippen LogP contribution in [0.1, 0.15) is 11.7 Å². The van der Waals surface area contributed by atoms with Gasteiger partial charge in [-0.15, -0.1) is 15.5 Å². The molecular weight excluding hydrogens is 259 g/mol. The van der Waals surface area contributed by atoms with Crippen LogP contribution in [0, 0.1) is 0 Å². The normalized spacial score (nSPS) is 15.8. The van der Waals surface area contributed by atoms with Gasteiger partial charge in [0.15, 0.2) is 0 Å². The Labute approximate surface area is 97.5 Å². The number of halogens is 2. The minimum absolute atomic E-state index is 0.162. The smallest absolute Gasteiger partial charge is 0.332 e. The van der Waals surface area contributed by atoms with Crippen LogP contribution < -0.4 is 0 Å². The summed E-state index contributed by atoms with van der Waals surface area (Å²) < 4.78 is 33.5. The van der Waals surface area contributed by atoms with Gasteiger partial charge in [0.2, 0.25) is 0 Å². The molecule has 90 valence electrons. The fraction of sp³-hybridized carbons (Fsp3) is 0.333. The molecule has 2 atom stereocenters. The molecule has 0 aliphatic carbocycles. The maximum absolute atomic E-state index is 12.5. The molecule has 2 N–H and O–H groups in total. The first-order chi connectivity index (χ1) is 7.36. The molecule has 0 aliphatic rings. The highest BCUT2D eigenvalue weighted by molar-refractivity contribution is 7.86. The standard InChI is InChI=1S/C9H10ClFO4S/c10-5-8(12)9(13)6-1-3-7(4-2-6)16(11,14)15/h1-4,8-9,12-13H,5H2. The summed E-state index contributed by atoms with van der Waals surface area (Å²) in [7, 11) is -4.74. The summed E-state index contributed by atoms with van der Waals surface area (Å²) in [6, 6.07) is 4.45. The summed E-state index contributed by atoms with van der Waals surface area (Å²) in [6.07, 6.45) is -2.39. The van der Waals surface area contributed by atoms with Crippen molar-refractivity contribution < 1.29 is 22.5 Å². The average Bonchev–Trinajstić information content (AvgIpc) is 2.26. The topological polar surface area (TPSA) is 74.6 Å². The van der Waals surface area contributed by atoms with Crippen LogP contribution in [0.15, 0.2) is 29.2 Å². The van der Waals surface area contributed by atoms with Gasteiger partial charge in [0.25, 0.3) is 0 Å². The third-order valence-corrected chi connectivity index (χ3v) is 3.18. The maximum Gasteiger partial charge on any atom is 0.332 e. The van der Waals surface area contributed by atoms with Crippen LogP contribution >= 0.6 is 11.6 Å². The minimum atomic E-state index is -4.74. The molecule has 0 amide bonds. The van der Waals surface area contributed by atoms with Gasteiger partial charge in [-0.1, -0.05) is 12.1 Å². The number of hydrogen-bond acceptors (Lipinski definition) is 4. The van der Waals surface area contributed by atoms with Gasteiger partial charge in [0.1, 0.15) is 6.10 Å². The molecule has 0 saturated carbocycles. The second-order valence-corrected chi connectivity index (χ2v) is 4.83. The predicted molar refractivity (Wildman–Crippen MR) is 56.4 cm³/mol. The van der Waals surface area contributed by atoms with Crippen LogP contribution in [0.3, 0.4) is 0 Å². The van der Waals surface area contributed by atoms with Crippen LogP contribution in [-0.2, 0) is 10.2 Å². The maximum atomic E-state index is 12.5. The number of aliphatic hydroxyl groups is 2. The Kier molecular flexibility index (Phi) is 4.26. The number of benzene rings is 1. The summed E-state index contributed by atoms with van der Waals surface area (Å²) in [4.78, 5) is -0.496. The van der Waals surface area contributed by atoms with E-state index in [9.17, 15) is 22.5 Å². The van der Waals surface area contributed by atoms with E-state index < -0.39 is 27.3 Å². The van der Waals surface area contributed by atoms with E-state index in [4.69, 9.17) is 11.6 Å². The Balaban J connectivity index is 2.96. The van der Waals surface area contributed by atoms with Gasteiger partial charge in [0, 0.05) is 0 Å². The zero-order valence-electron chi connectivity index (χ0n) is 8.05. The van der Waals surface area contributed by atoms with Gasteiger partial charge in [-0.3, -0.25) is 0 Å². The summed E-state index contributed by atoms with van der Waals surface area (Å²) in [5, 5.41) is 18.7. The van der Waals surface area contributed by atoms with Crippen molar-refractivity contribution in [3.05, 3.63) is 29.8 Å². The number of hydrogen-bond donors (Lipinski definition) is 2. The second-order valence-electron chi connectivity index (χ2n) is 3.17. The summed E-state index contributed by atoms with van der Waals surface area (Å²) in [5.74, 6) is -0.162. The lowest BCUT2D eigenvalue weighted by atomic mass is 10.1. The third kappa shape index (κ3) is 3.15. The minimum Gasteiger partial charge on any atom is -0.389 e. The van der Waals surface area contributed by atoms with E-state index >= 15 is 0 Å². The predicted octanol–water partition coefficient (Wildman–Crippen LogP) is 0.978. The first kappa shape index (κ1) is 13.4. The largest absolute Gasteiger partial charge is 0.389 e. The van der Waals surface area contributed by atoms with E-state index in [2.05, 4.69) is 0 Å². The van der Waals surface area contributed by atoms with Gasteiger partial charge in [-0.2, -0.15) is 8.42 Å². The van der Waals surface area contributed by atoms with Crippen LogP contribution in [0.5, 0.6) is 0 Å². The fourth-order valence-electron chi connectivity index (χ4n) is 1.13. The molecule has 4 nitrogen and oxygen atoms in total. The summed E-state index contributed by atoms with van der Waals surface area (Å²) >= 11 is 5.33. The lowest BCUT2D eigenvalue weighted by Crippen LogP contribution is -2.19. The van der Waals surface area contributed by atoms with Crippen molar-refractivity contribution in [2.45, 2.75) is 17.1 Å². The quantitative estimate of drug-likeness (QED) is 0.631. The summed E-state index contributed by atoms with van der Waals surface area (Å²) in [5.41, 5.74) is 0.264.